The Morgan fingerprint density at radius 3 is 2.42 bits per heavy atom. The van der Waals surface area contributed by atoms with Crippen molar-refractivity contribution in [1.29, 1.82) is 0 Å². The van der Waals surface area contributed by atoms with Crippen molar-refractivity contribution >= 4 is 17.5 Å². The van der Waals surface area contributed by atoms with E-state index in [0.717, 1.165) is 11.1 Å². The molecule has 0 saturated heterocycles. The molecule has 0 aliphatic carbocycles. The molecule has 0 spiro atoms. The first-order valence-electron chi connectivity index (χ1n) is 7.88. The van der Waals surface area contributed by atoms with Gasteiger partial charge in [0.1, 0.15) is 5.82 Å². The fourth-order valence-electron chi connectivity index (χ4n) is 2.55. The smallest absolute Gasteiger partial charge is 0.234 e. The minimum atomic E-state index is -0.264. The molecule has 0 aliphatic heterocycles. The number of carbonyl (C=O) groups excluding carboxylic acids is 1. The minimum Gasteiger partial charge on any atom is -0.348 e. The van der Waals surface area contributed by atoms with Crippen molar-refractivity contribution in [2.75, 3.05) is 13.6 Å². The predicted octanol–water partition coefficient (Wildman–Crippen LogP) is 4.35. The van der Waals surface area contributed by atoms with E-state index in [2.05, 4.69) is 5.32 Å². The van der Waals surface area contributed by atoms with Crippen LogP contribution >= 0.6 is 11.6 Å². The summed E-state index contributed by atoms with van der Waals surface area (Å²) in [5.41, 5.74) is 1.85. The van der Waals surface area contributed by atoms with Crippen molar-refractivity contribution in [2.24, 2.45) is 0 Å². The molecule has 0 bridgehead atoms. The van der Waals surface area contributed by atoms with E-state index in [1.54, 1.807) is 12.1 Å². The highest BCUT2D eigenvalue weighted by atomic mass is 35.5. The van der Waals surface area contributed by atoms with E-state index in [-0.39, 0.29) is 30.4 Å². The normalized spacial score (nSPS) is 13.6. The van der Waals surface area contributed by atoms with Crippen molar-refractivity contribution in [3.8, 4) is 0 Å². The lowest BCUT2D eigenvalue weighted by atomic mass is 10.1. The average molecular weight is 349 g/mol. The SMILES string of the molecule is CC(NC(=O)CN(C)C(C)c1ccc(F)cc1)c1ccccc1Cl. The van der Waals surface area contributed by atoms with Gasteiger partial charge >= 0.3 is 0 Å². The van der Waals surface area contributed by atoms with Crippen LogP contribution in [-0.4, -0.2) is 24.4 Å². The molecule has 1 amide bonds. The van der Waals surface area contributed by atoms with Crippen molar-refractivity contribution in [2.45, 2.75) is 25.9 Å². The minimum absolute atomic E-state index is 0.00645. The van der Waals surface area contributed by atoms with E-state index in [1.807, 2.05) is 50.1 Å². The summed E-state index contributed by atoms with van der Waals surface area (Å²) in [7, 11) is 1.87. The van der Waals surface area contributed by atoms with Gasteiger partial charge in [-0.2, -0.15) is 0 Å². The molecule has 0 heterocycles. The van der Waals surface area contributed by atoms with Gasteiger partial charge in [-0.3, -0.25) is 9.69 Å². The second kappa shape index (κ2) is 8.27. The largest absolute Gasteiger partial charge is 0.348 e. The average Bonchev–Trinajstić information content (AvgIpc) is 2.55. The Morgan fingerprint density at radius 2 is 1.79 bits per heavy atom. The van der Waals surface area contributed by atoms with Gasteiger partial charge in [-0.1, -0.05) is 41.9 Å². The zero-order valence-corrected chi connectivity index (χ0v) is 14.8. The van der Waals surface area contributed by atoms with E-state index in [0.29, 0.717) is 5.02 Å². The predicted molar refractivity (Wildman–Crippen MR) is 95.5 cm³/mol. The first-order chi connectivity index (χ1) is 11.4. The van der Waals surface area contributed by atoms with Crippen LogP contribution in [0.3, 0.4) is 0 Å². The van der Waals surface area contributed by atoms with Crippen LogP contribution in [-0.2, 0) is 4.79 Å². The third-order valence-corrected chi connectivity index (χ3v) is 4.50. The molecule has 0 saturated carbocycles. The fourth-order valence-corrected chi connectivity index (χ4v) is 2.85. The van der Waals surface area contributed by atoms with Crippen molar-refractivity contribution in [3.05, 3.63) is 70.5 Å². The van der Waals surface area contributed by atoms with Gasteiger partial charge in [-0.15, -0.1) is 0 Å². The molecule has 2 rings (SSSR count). The van der Waals surface area contributed by atoms with Crippen LogP contribution in [0.15, 0.2) is 48.5 Å². The topological polar surface area (TPSA) is 32.3 Å². The zero-order chi connectivity index (χ0) is 17.7. The molecule has 2 unspecified atom stereocenters. The molecule has 0 aromatic heterocycles. The molecule has 0 radical (unpaired) electrons. The summed E-state index contributed by atoms with van der Waals surface area (Å²) in [6.07, 6.45) is 0. The van der Waals surface area contributed by atoms with Crippen molar-refractivity contribution < 1.29 is 9.18 Å². The van der Waals surface area contributed by atoms with Gasteiger partial charge < -0.3 is 5.32 Å². The number of amides is 1. The van der Waals surface area contributed by atoms with Crippen molar-refractivity contribution in [1.82, 2.24) is 10.2 Å². The van der Waals surface area contributed by atoms with E-state index >= 15 is 0 Å². The standard InChI is InChI=1S/C19H22ClFN2O/c1-13(17-6-4-5-7-18(17)20)22-19(24)12-23(3)14(2)15-8-10-16(21)11-9-15/h4-11,13-14H,12H2,1-3H3,(H,22,24). The first kappa shape index (κ1) is 18.4. The van der Waals surface area contributed by atoms with Gasteiger partial charge in [0.2, 0.25) is 5.91 Å². The Labute approximate surface area is 147 Å². The fraction of sp³-hybridized carbons (Fsp3) is 0.316. The Kier molecular flexibility index (Phi) is 6.35. The van der Waals surface area contributed by atoms with Crippen LogP contribution in [0.5, 0.6) is 0 Å². The van der Waals surface area contributed by atoms with E-state index in [9.17, 15) is 9.18 Å². The second-order valence-electron chi connectivity index (χ2n) is 5.95. The number of carbonyl (C=O) groups is 1. The highest BCUT2D eigenvalue weighted by Gasteiger charge is 2.17. The van der Waals surface area contributed by atoms with E-state index in [1.165, 1.54) is 12.1 Å². The molecule has 2 aromatic rings. The molecule has 2 atom stereocenters. The Balaban J connectivity index is 1.93. The number of hydrogen-bond donors (Lipinski definition) is 1. The number of nitrogens with zero attached hydrogens (tertiary/aromatic N) is 1. The van der Waals surface area contributed by atoms with Crippen LogP contribution in [0.4, 0.5) is 4.39 Å². The summed E-state index contributed by atoms with van der Waals surface area (Å²) < 4.78 is 13.0. The Hall–Kier alpha value is -1.91. The number of hydrogen-bond acceptors (Lipinski definition) is 2. The number of halogens is 2. The molecule has 3 nitrogen and oxygen atoms in total. The zero-order valence-electron chi connectivity index (χ0n) is 14.1. The molecule has 5 heteroatoms. The Bertz CT molecular complexity index is 690. The summed E-state index contributed by atoms with van der Waals surface area (Å²) in [6.45, 7) is 4.13. The number of rotatable bonds is 6. The quantitative estimate of drug-likeness (QED) is 0.841. The number of benzene rings is 2. The Morgan fingerprint density at radius 1 is 1.17 bits per heavy atom. The van der Waals surface area contributed by atoms with Gasteiger partial charge in [-0.05, 0) is 50.2 Å². The lowest BCUT2D eigenvalue weighted by Crippen LogP contribution is -2.37. The summed E-state index contributed by atoms with van der Waals surface area (Å²) in [6, 6.07) is 13.6. The summed E-state index contributed by atoms with van der Waals surface area (Å²) >= 11 is 6.16. The maximum absolute atomic E-state index is 13.0. The highest BCUT2D eigenvalue weighted by molar-refractivity contribution is 6.31. The van der Waals surface area contributed by atoms with Crippen LogP contribution in [0.1, 0.15) is 37.1 Å². The molecule has 24 heavy (non-hydrogen) atoms. The van der Waals surface area contributed by atoms with Crippen LogP contribution in [0.2, 0.25) is 5.02 Å². The summed E-state index contributed by atoms with van der Waals surface area (Å²) in [5.74, 6) is -0.348. The van der Waals surface area contributed by atoms with Gasteiger partial charge in [-0.25, -0.2) is 4.39 Å². The third kappa shape index (κ3) is 4.79. The summed E-state index contributed by atoms with van der Waals surface area (Å²) in [5, 5.41) is 3.60. The van der Waals surface area contributed by atoms with Crippen LogP contribution in [0.25, 0.3) is 0 Å². The van der Waals surface area contributed by atoms with Crippen LogP contribution in [0, 0.1) is 5.82 Å². The van der Waals surface area contributed by atoms with E-state index in [4.69, 9.17) is 11.6 Å². The van der Waals surface area contributed by atoms with Gasteiger partial charge in [0.05, 0.1) is 12.6 Å². The molecule has 2 aromatic carbocycles. The summed E-state index contributed by atoms with van der Waals surface area (Å²) in [4.78, 5) is 14.2. The van der Waals surface area contributed by atoms with Gasteiger partial charge in [0.25, 0.3) is 0 Å². The maximum Gasteiger partial charge on any atom is 0.234 e. The van der Waals surface area contributed by atoms with Crippen molar-refractivity contribution in [3.63, 3.8) is 0 Å². The molecular weight excluding hydrogens is 327 g/mol. The lowest BCUT2D eigenvalue weighted by molar-refractivity contribution is -0.123. The number of nitrogens with one attached hydrogen (secondary N) is 1. The highest BCUT2D eigenvalue weighted by Crippen LogP contribution is 2.22. The third-order valence-electron chi connectivity index (χ3n) is 4.16. The van der Waals surface area contributed by atoms with E-state index < -0.39 is 0 Å². The van der Waals surface area contributed by atoms with Crippen LogP contribution < -0.4 is 5.32 Å². The monoisotopic (exact) mass is 348 g/mol. The van der Waals surface area contributed by atoms with Gasteiger partial charge in [0, 0.05) is 11.1 Å². The molecule has 1 N–H and O–H groups in total. The maximum atomic E-state index is 13.0. The molecule has 0 fully saturated rings. The number of likely N-dealkylation sites (N-methyl/N-ethyl adjacent to an activating group) is 1. The lowest BCUT2D eigenvalue weighted by Gasteiger charge is -2.25. The molecule has 128 valence electrons. The second-order valence-corrected chi connectivity index (χ2v) is 6.36. The molecular formula is C19H22ClFN2O. The van der Waals surface area contributed by atoms with Gasteiger partial charge in [0.15, 0.2) is 0 Å². The molecule has 0 aliphatic rings. The first-order valence-corrected chi connectivity index (χ1v) is 8.25.